The van der Waals surface area contributed by atoms with Gasteiger partial charge in [-0.1, -0.05) is 41.9 Å². The summed E-state index contributed by atoms with van der Waals surface area (Å²) in [4.78, 5) is 31.0. The Kier molecular flexibility index (Phi) is 10.6. The normalized spacial score (nSPS) is 14.1. The highest BCUT2D eigenvalue weighted by molar-refractivity contribution is 6.29. The van der Waals surface area contributed by atoms with Gasteiger partial charge in [0.25, 0.3) is 0 Å². The smallest absolute Gasteiger partial charge is 0.184 e. The first kappa shape index (κ1) is 41.8. The molecule has 1 saturated carbocycles. The number of hydrogen-bond acceptors (Lipinski definition) is 12. The first-order valence-electron chi connectivity index (χ1n) is 21.7. The molecule has 12 rings (SSSR count). The molecule has 0 radical (unpaired) electrons. The van der Waals surface area contributed by atoms with E-state index in [0.29, 0.717) is 16.4 Å². The van der Waals surface area contributed by atoms with E-state index in [0.717, 1.165) is 122 Å². The van der Waals surface area contributed by atoms with Gasteiger partial charge >= 0.3 is 0 Å². The third-order valence-electron chi connectivity index (χ3n) is 12.3. The Balaban J connectivity index is 0.000000123. The van der Waals surface area contributed by atoms with E-state index in [1.54, 1.807) is 0 Å². The summed E-state index contributed by atoms with van der Waals surface area (Å²) in [6, 6.07) is 24.4. The molecule has 65 heavy (non-hydrogen) atoms. The molecule has 2 aromatic carbocycles. The molecule has 1 fully saturated rings. The topological polar surface area (TPSA) is 171 Å². The lowest BCUT2D eigenvalue weighted by Gasteiger charge is -2.37. The number of fused-ring (bicyclic) bond motifs is 7. The molecule has 0 aliphatic heterocycles. The first-order chi connectivity index (χ1) is 31.3. The van der Waals surface area contributed by atoms with Gasteiger partial charge in [-0.2, -0.15) is 0 Å². The third-order valence-corrected chi connectivity index (χ3v) is 12.5. The molecule has 0 unspecified atom stereocenters. The number of allylic oxidation sites excluding steroid dienone is 2. The van der Waals surface area contributed by atoms with Gasteiger partial charge in [0.05, 0.1) is 23.2 Å². The van der Waals surface area contributed by atoms with Gasteiger partial charge in [0, 0.05) is 28.2 Å². The van der Waals surface area contributed by atoms with E-state index in [4.69, 9.17) is 21.6 Å². The molecule has 0 atom stereocenters. The van der Waals surface area contributed by atoms with Crippen LogP contribution in [0.25, 0.3) is 73.1 Å². The van der Waals surface area contributed by atoms with Crippen molar-refractivity contribution in [1.29, 1.82) is 0 Å². The van der Waals surface area contributed by atoms with Gasteiger partial charge in [-0.25, -0.2) is 34.9 Å². The predicted octanol–water partition coefficient (Wildman–Crippen LogP) is 10.1. The lowest BCUT2D eigenvalue weighted by Crippen LogP contribution is -2.33. The van der Waals surface area contributed by atoms with Crippen LogP contribution in [0.3, 0.4) is 0 Å². The van der Waals surface area contributed by atoms with Crippen molar-refractivity contribution >= 4 is 62.0 Å². The van der Waals surface area contributed by atoms with Crippen LogP contribution in [0.2, 0.25) is 5.15 Å². The minimum absolute atomic E-state index is 0.376. The fourth-order valence-electron chi connectivity index (χ4n) is 8.36. The van der Waals surface area contributed by atoms with Crippen LogP contribution < -0.4 is 0 Å². The van der Waals surface area contributed by atoms with Crippen LogP contribution in [0.15, 0.2) is 85.1 Å². The van der Waals surface area contributed by atoms with Gasteiger partial charge in [-0.3, -0.25) is 8.80 Å². The second-order valence-corrected chi connectivity index (χ2v) is 17.4. The SMILES string of the molecule is Cc1ccc2nc(C)c3nnc(-c4cc(C5(O)CCC5)ccc4C)n3c2n1.Cc1ccc2nc(C)c3nnc(-c4cc(C5=CCC5)ccc4C)n3c2n1.Cc1ccc2ncc(Cl)nc2n1. The van der Waals surface area contributed by atoms with E-state index in [1.807, 2.05) is 85.9 Å². The predicted molar refractivity (Wildman–Crippen MR) is 253 cm³/mol. The Morgan fingerprint density at radius 3 is 1.65 bits per heavy atom. The Bertz CT molecular complexity index is 3520. The molecule has 324 valence electrons. The maximum Gasteiger partial charge on any atom is 0.184 e. The van der Waals surface area contributed by atoms with Crippen molar-refractivity contribution in [2.45, 2.75) is 86.2 Å². The van der Waals surface area contributed by atoms with Gasteiger partial charge in [-0.15, -0.1) is 20.4 Å². The van der Waals surface area contributed by atoms with Gasteiger partial charge in [-0.05, 0) is 157 Å². The van der Waals surface area contributed by atoms with Gasteiger partial charge in [0.1, 0.15) is 21.7 Å². The molecule has 0 amide bonds. The molecule has 8 heterocycles. The monoisotopic (exact) mass is 879 g/mol. The van der Waals surface area contributed by atoms with Crippen LogP contribution in [0.5, 0.6) is 0 Å². The molecule has 0 saturated heterocycles. The minimum Gasteiger partial charge on any atom is -0.385 e. The molecule has 8 aromatic heterocycles. The number of hydrogen-bond donors (Lipinski definition) is 1. The molecular formula is C50H46ClN13O. The molecule has 14 nitrogen and oxygen atoms in total. The van der Waals surface area contributed by atoms with Crippen molar-refractivity contribution in [2.24, 2.45) is 0 Å². The lowest BCUT2D eigenvalue weighted by molar-refractivity contribution is -0.0387. The Hall–Kier alpha value is -7.16. The number of aromatic nitrogens is 13. The number of benzene rings is 2. The highest BCUT2D eigenvalue weighted by atomic mass is 35.5. The lowest BCUT2D eigenvalue weighted by atomic mass is 9.74. The van der Waals surface area contributed by atoms with Gasteiger partial charge in [0.15, 0.2) is 39.9 Å². The zero-order valence-electron chi connectivity index (χ0n) is 37.3. The third kappa shape index (κ3) is 7.72. The van der Waals surface area contributed by atoms with Crippen molar-refractivity contribution in [3.8, 4) is 22.8 Å². The number of pyridine rings is 3. The average Bonchev–Trinajstić information content (AvgIpc) is 3.91. The summed E-state index contributed by atoms with van der Waals surface area (Å²) >= 11 is 5.66. The molecule has 15 heteroatoms. The molecule has 10 aromatic rings. The molecule has 2 aliphatic carbocycles. The van der Waals surface area contributed by atoms with Crippen LogP contribution in [-0.2, 0) is 5.60 Å². The standard InChI is InChI=1S/C21H21N5O.C21H19N5.C8H6ClN3/c1-12-5-7-15(21(27)9-4-10-21)11-16(12)19-25-24-18-14(3)23-17-8-6-13(2)22-20(17)26(18)19;1-12-7-9-16(15-5-4-6-15)11-17(12)20-25-24-19-14(3)23-18-10-8-13(2)22-21(18)26(19)20;1-5-2-3-6-8(11-5)12-7(9)4-10-6/h5-8,11,27H,4,9-10H2,1-3H3;5,7-11H,4,6H2,1-3H3;2-4H,1H3. The quantitative estimate of drug-likeness (QED) is 0.178. The van der Waals surface area contributed by atoms with E-state index >= 15 is 0 Å². The van der Waals surface area contributed by atoms with Crippen LogP contribution in [-0.4, -0.2) is 69.2 Å². The summed E-state index contributed by atoms with van der Waals surface area (Å²) in [7, 11) is 0. The van der Waals surface area contributed by atoms with Crippen LogP contribution in [0.1, 0.15) is 82.8 Å². The summed E-state index contributed by atoms with van der Waals surface area (Å²) < 4.78 is 4.04. The Morgan fingerprint density at radius 2 is 1.11 bits per heavy atom. The highest BCUT2D eigenvalue weighted by Gasteiger charge is 2.36. The van der Waals surface area contributed by atoms with Crippen LogP contribution in [0, 0.1) is 48.5 Å². The van der Waals surface area contributed by atoms with E-state index in [-0.39, 0.29) is 0 Å². The van der Waals surface area contributed by atoms with E-state index in [1.165, 1.54) is 29.3 Å². The van der Waals surface area contributed by atoms with Crippen molar-refractivity contribution in [1.82, 2.24) is 64.1 Å². The molecule has 0 spiro atoms. The zero-order chi connectivity index (χ0) is 45.1. The summed E-state index contributed by atoms with van der Waals surface area (Å²) in [5, 5.41) is 29.0. The van der Waals surface area contributed by atoms with Crippen molar-refractivity contribution in [2.75, 3.05) is 0 Å². The molecule has 1 N–H and O–H groups in total. The summed E-state index contributed by atoms with van der Waals surface area (Å²) in [5.74, 6) is 1.56. The fraction of sp³-hybridized carbons (Fsp3) is 0.260. The second kappa shape index (κ2) is 16.4. The van der Waals surface area contributed by atoms with Gasteiger partial charge in [0.2, 0.25) is 0 Å². The zero-order valence-corrected chi connectivity index (χ0v) is 38.0. The number of aliphatic hydroxyl groups is 1. The van der Waals surface area contributed by atoms with Crippen LogP contribution >= 0.6 is 11.6 Å². The van der Waals surface area contributed by atoms with E-state index in [9.17, 15) is 5.11 Å². The largest absolute Gasteiger partial charge is 0.385 e. The van der Waals surface area contributed by atoms with Crippen LogP contribution in [0.4, 0.5) is 0 Å². The summed E-state index contributed by atoms with van der Waals surface area (Å²) in [5.41, 5.74) is 17.8. The summed E-state index contributed by atoms with van der Waals surface area (Å²) in [6.45, 7) is 13.9. The van der Waals surface area contributed by atoms with Gasteiger partial charge < -0.3 is 5.11 Å². The number of halogens is 1. The molecular weight excluding hydrogens is 834 g/mol. The van der Waals surface area contributed by atoms with Crippen molar-refractivity contribution in [3.63, 3.8) is 0 Å². The average molecular weight is 880 g/mol. The second-order valence-electron chi connectivity index (χ2n) is 17.1. The van der Waals surface area contributed by atoms with E-state index < -0.39 is 5.60 Å². The van der Waals surface area contributed by atoms with Crippen molar-refractivity contribution < 1.29 is 5.11 Å². The Morgan fingerprint density at radius 1 is 0.569 bits per heavy atom. The number of rotatable bonds is 4. The fourth-order valence-corrected chi connectivity index (χ4v) is 8.49. The number of nitrogens with zero attached hydrogens (tertiary/aromatic N) is 13. The molecule has 0 bridgehead atoms. The first-order valence-corrected chi connectivity index (χ1v) is 22.1. The van der Waals surface area contributed by atoms with Crippen molar-refractivity contribution in [3.05, 3.63) is 141 Å². The Labute approximate surface area is 379 Å². The minimum atomic E-state index is -0.711. The summed E-state index contributed by atoms with van der Waals surface area (Å²) in [6.07, 6.45) is 8.81. The molecule has 2 aliphatic rings. The maximum absolute atomic E-state index is 10.8. The number of aryl methyl sites for hydroxylation is 7. The maximum atomic E-state index is 10.8. The highest BCUT2D eigenvalue weighted by Crippen LogP contribution is 2.42. The van der Waals surface area contributed by atoms with E-state index in [2.05, 4.69) is 95.6 Å².